The van der Waals surface area contributed by atoms with Gasteiger partial charge in [-0.25, -0.2) is 0 Å². The molecule has 2 N–H and O–H groups in total. The van der Waals surface area contributed by atoms with Gasteiger partial charge in [-0.2, -0.15) is 10.5 Å². The normalized spacial score (nSPS) is 47.9. The van der Waals surface area contributed by atoms with Crippen LogP contribution in [0.25, 0.3) is 0 Å². The van der Waals surface area contributed by atoms with E-state index < -0.39 is 61.4 Å². The molecule has 2 aliphatic heterocycles. The van der Waals surface area contributed by atoms with Gasteiger partial charge in [0.05, 0.1) is 49.8 Å². The monoisotopic (exact) mass is 860 g/mol. The first-order valence-corrected chi connectivity index (χ1v) is 30.6. The second-order valence-corrected chi connectivity index (χ2v) is 32.7. The van der Waals surface area contributed by atoms with E-state index in [4.69, 9.17) is 27.8 Å². The van der Waals surface area contributed by atoms with E-state index in [1.165, 1.54) is 22.3 Å². The fraction of sp³-hybridized carbons (Fsp3) is 0.875. The molecule has 10 rings (SSSR count). The summed E-state index contributed by atoms with van der Waals surface area (Å²) >= 11 is 0. The molecule has 8 fully saturated rings. The molecule has 2 saturated heterocycles. The van der Waals surface area contributed by atoms with Crippen LogP contribution in [-0.4, -0.2) is 87.3 Å². The molecular weight excluding hydrogens is 789 g/mol. The van der Waals surface area contributed by atoms with Gasteiger partial charge >= 0.3 is 0 Å². The molecule has 60 heavy (non-hydrogen) atoms. The van der Waals surface area contributed by atoms with E-state index in [1.807, 2.05) is 0 Å². The van der Waals surface area contributed by atoms with Crippen molar-refractivity contribution in [1.82, 2.24) is 0 Å². The van der Waals surface area contributed by atoms with E-state index in [1.54, 1.807) is 0 Å². The molecule has 10 nitrogen and oxygen atoms in total. The van der Waals surface area contributed by atoms with Crippen LogP contribution in [0.3, 0.4) is 0 Å². The van der Waals surface area contributed by atoms with Crippen molar-refractivity contribution in [2.75, 3.05) is 26.4 Å². The lowest BCUT2D eigenvalue weighted by Crippen LogP contribution is -2.61. The number of nitriles is 2. The maximum Gasteiger partial charge on any atom is 0.185 e. The molecule has 12 heteroatoms. The molecule has 330 valence electrons. The third-order valence-corrected chi connectivity index (χ3v) is 20.5. The molecule has 0 unspecified atom stereocenters. The van der Waals surface area contributed by atoms with E-state index in [2.05, 4.69) is 65.3 Å². The number of fused-ring (bicyclic) bond motifs is 8. The third-order valence-electron chi connectivity index (χ3n) is 18.6. The first kappa shape index (κ1) is 42.5. The number of aliphatic hydroxyl groups is 2. The number of ether oxygens (including phenoxy) is 4. The maximum atomic E-state index is 13.1. The van der Waals surface area contributed by atoms with Gasteiger partial charge in [-0.3, -0.25) is 0 Å². The van der Waals surface area contributed by atoms with Crippen molar-refractivity contribution in [3.05, 3.63) is 22.3 Å². The Labute approximate surface area is 361 Å². The molecule has 8 aliphatic carbocycles. The minimum absolute atomic E-state index is 0.00235. The van der Waals surface area contributed by atoms with Gasteiger partial charge in [0.2, 0.25) is 0 Å². The largest absolute Gasteiger partial charge is 0.399 e. The van der Waals surface area contributed by atoms with Crippen molar-refractivity contribution < 1.29 is 38.0 Å². The van der Waals surface area contributed by atoms with E-state index >= 15 is 0 Å². The van der Waals surface area contributed by atoms with Crippen LogP contribution in [0, 0.1) is 69.0 Å². The van der Waals surface area contributed by atoms with Crippen molar-refractivity contribution in [2.24, 2.45) is 46.3 Å². The molecule has 0 aromatic rings. The summed E-state index contributed by atoms with van der Waals surface area (Å²) in [6, 6.07) is 5.79. The molecule has 2 heterocycles. The summed E-state index contributed by atoms with van der Waals surface area (Å²) in [7, 11) is -4.35. The fourth-order valence-corrected chi connectivity index (χ4v) is 19.5. The van der Waals surface area contributed by atoms with Crippen LogP contribution in [0.4, 0.5) is 0 Å². The number of hydrogen-bond acceptors (Lipinski definition) is 10. The highest BCUT2D eigenvalue weighted by molar-refractivity contribution is 6.70. The minimum atomic E-state index is -2.17. The van der Waals surface area contributed by atoms with Crippen molar-refractivity contribution >= 4 is 16.6 Å². The summed E-state index contributed by atoms with van der Waals surface area (Å²) in [4.78, 5) is 0. The van der Waals surface area contributed by atoms with Crippen molar-refractivity contribution in [2.45, 2.75) is 190 Å². The molecule has 12 atom stereocenters. The molecule has 6 saturated carbocycles. The van der Waals surface area contributed by atoms with Crippen molar-refractivity contribution in [1.29, 1.82) is 10.5 Å². The van der Waals surface area contributed by atoms with Crippen LogP contribution in [0.2, 0.25) is 39.3 Å². The highest BCUT2D eigenvalue weighted by Crippen LogP contribution is 2.74. The van der Waals surface area contributed by atoms with Crippen LogP contribution in [-0.2, 0) is 27.8 Å². The first-order valence-electron chi connectivity index (χ1n) is 23.8. The van der Waals surface area contributed by atoms with Crippen molar-refractivity contribution in [3.63, 3.8) is 0 Å². The Kier molecular flexibility index (Phi) is 9.61. The van der Waals surface area contributed by atoms with Crippen molar-refractivity contribution in [3.8, 4) is 12.1 Å². The SMILES string of the molecule is C[C@]12C[C@H]([C@H]3C[C@@]4(C)[C@@H](CC[C@@]4(C#N)O[Si](C)(C)C)[C@@H]4CC[C@@]5(O)CC6(CCC5=C43)OCCO6)C3=C4CCC5(C[C@]4(O)CC[C@H]3[C@@H]1CC[C@@]2(C#N)O[Si](C)(C)C)OCCO5. The van der Waals surface area contributed by atoms with Crippen LogP contribution in [0.5, 0.6) is 0 Å². The number of rotatable bonds is 5. The smallest absolute Gasteiger partial charge is 0.185 e. The van der Waals surface area contributed by atoms with E-state index in [0.29, 0.717) is 52.1 Å². The van der Waals surface area contributed by atoms with Gasteiger partial charge in [-0.1, -0.05) is 25.0 Å². The predicted molar refractivity (Wildman–Crippen MR) is 230 cm³/mol. The second kappa shape index (κ2) is 13.6. The summed E-state index contributed by atoms with van der Waals surface area (Å²) < 4.78 is 39.7. The molecular formula is C48H72N2O8Si2. The topological polar surface area (TPSA) is 143 Å². The molecule has 0 radical (unpaired) electrons. The summed E-state index contributed by atoms with van der Waals surface area (Å²) in [6.07, 6.45) is 11.7. The lowest BCUT2D eigenvalue weighted by molar-refractivity contribution is -0.210. The van der Waals surface area contributed by atoms with Crippen LogP contribution in [0.15, 0.2) is 22.3 Å². The molecule has 0 aromatic carbocycles. The summed E-state index contributed by atoms with van der Waals surface area (Å²) in [5, 5.41) is 49.0. The Morgan fingerprint density at radius 1 is 0.550 bits per heavy atom. The van der Waals surface area contributed by atoms with Gasteiger partial charge in [0.15, 0.2) is 28.2 Å². The number of allylic oxidation sites excluding steroid dienone is 2. The van der Waals surface area contributed by atoms with Gasteiger partial charge in [0, 0.05) is 36.5 Å². The van der Waals surface area contributed by atoms with E-state index in [9.17, 15) is 20.7 Å². The Balaban J connectivity index is 1.19. The quantitative estimate of drug-likeness (QED) is 0.203. The molecule has 0 aromatic heterocycles. The Bertz CT molecular complexity index is 1810. The summed E-state index contributed by atoms with van der Waals surface area (Å²) in [5.74, 6) is -0.575. The van der Waals surface area contributed by atoms with Gasteiger partial charge < -0.3 is 38.0 Å². The minimum Gasteiger partial charge on any atom is -0.399 e. The average Bonchev–Trinajstić information content (AvgIpc) is 3.94. The number of nitrogens with zero attached hydrogens (tertiary/aromatic N) is 2. The molecule has 10 aliphatic rings. The predicted octanol–water partition coefficient (Wildman–Crippen LogP) is 8.82. The summed E-state index contributed by atoms with van der Waals surface area (Å²) in [6.45, 7) is 20.3. The average molecular weight is 861 g/mol. The van der Waals surface area contributed by atoms with E-state index in [0.717, 1.165) is 77.0 Å². The van der Waals surface area contributed by atoms with Crippen LogP contribution >= 0.6 is 0 Å². The highest BCUT2D eigenvalue weighted by Gasteiger charge is 2.71. The van der Waals surface area contributed by atoms with Crippen LogP contribution in [0.1, 0.15) is 117 Å². The lowest BCUT2D eigenvalue weighted by atomic mass is 9.43. The lowest BCUT2D eigenvalue weighted by Gasteiger charge is -2.63. The third kappa shape index (κ3) is 6.01. The van der Waals surface area contributed by atoms with Gasteiger partial charge in [0.1, 0.15) is 11.2 Å². The Morgan fingerprint density at radius 3 is 1.25 bits per heavy atom. The standard InChI is InChI=1S/C48H72N2O8Si2/c1-41-25-33(39-31(35(41)11-17-45(41,29-49)57-59(3,4)5)9-15-43(51)27-47(19-13-37(39)43)53-21-22-54-47)34-26-42(2)36(12-18-46(42,30-50)58-60(6,7)8)32-10-16-44(52)28-48(55-23-24-56-48)20-14-38(44)40(32)34/h31-36,51-52H,9-28H2,1-8H3/t31-,32-,33+,34+,35-,36-,41-,42-,43+,44+,45-,46-/m0/s1. The first-order chi connectivity index (χ1) is 28.1. The van der Waals surface area contributed by atoms with Gasteiger partial charge in [-0.05, 0) is 163 Å². The van der Waals surface area contributed by atoms with Gasteiger partial charge in [-0.15, -0.1) is 0 Å². The zero-order chi connectivity index (χ0) is 42.6. The maximum absolute atomic E-state index is 13.1. The Morgan fingerprint density at radius 2 is 0.917 bits per heavy atom. The zero-order valence-corrected chi connectivity index (χ0v) is 39.8. The highest BCUT2D eigenvalue weighted by atomic mass is 28.4. The fourth-order valence-electron chi connectivity index (χ4n) is 16.6. The number of hydrogen-bond donors (Lipinski definition) is 2. The molecule has 0 amide bonds. The zero-order valence-electron chi connectivity index (χ0n) is 37.8. The Hall–Kier alpha value is -1.43. The van der Waals surface area contributed by atoms with Gasteiger partial charge in [0.25, 0.3) is 0 Å². The van der Waals surface area contributed by atoms with Crippen LogP contribution < -0.4 is 0 Å². The molecule has 2 spiro atoms. The second-order valence-electron chi connectivity index (χ2n) is 23.8. The molecule has 0 bridgehead atoms. The van der Waals surface area contributed by atoms with E-state index in [-0.39, 0.29) is 35.5 Å². The summed E-state index contributed by atoms with van der Waals surface area (Å²) in [5.41, 5.74) is 0.515.